The zero-order valence-electron chi connectivity index (χ0n) is 18.3. The van der Waals surface area contributed by atoms with Crippen LogP contribution >= 0.6 is 0 Å². The fraction of sp³-hybridized carbons (Fsp3) is 0.409. The van der Waals surface area contributed by atoms with Crippen molar-refractivity contribution in [3.8, 4) is 5.75 Å². The summed E-state index contributed by atoms with van der Waals surface area (Å²) in [5.41, 5.74) is -5.94. The Labute approximate surface area is 191 Å². The van der Waals surface area contributed by atoms with E-state index in [1.807, 2.05) is 0 Å². The normalized spacial score (nSPS) is 28.6. The zero-order valence-corrected chi connectivity index (χ0v) is 18.3. The number of Topliss-reactive ketones (excluding diaryl/α,β-unsaturated/α-hetero) is 3. The highest BCUT2D eigenvalue weighted by molar-refractivity contribution is 6.25. The zero-order chi connectivity index (χ0) is 25.4. The molecule has 1 aromatic carbocycles. The molecule has 0 amide bonds. The molecule has 2 unspecified atom stereocenters. The molecular weight excluding hydrogens is 455 g/mol. The molecule has 0 radical (unpaired) electrons. The third kappa shape index (κ3) is 2.85. The molecule has 4 N–H and O–H groups in total. The van der Waals surface area contributed by atoms with Crippen molar-refractivity contribution < 1.29 is 44.1 Å². The van der Waals surface area contributed by atoms with Gasteiger partial charge in [0.15, 0.2) is 17.2 Å². The number of carbonyl (C=O) groups is 3. The van der Waals surface area contributed by atoms with Gasteiger partial charge >= 0.3 is 5.69 Å². The summed E-state index contributed by atoms with van der Waals surface area (Å²) in [7, 11) is 2.98. The summed E-state index contributed by atoms with van der Waals surface area (Å²) >= 11 is 0. The molecule has 4 atom stereocenters. The first-order valence-corrected chi connectivity index (χ1v) is 10.3. The molecule has 0 spiro atoms. The van der Waals surface area contributed by atoms with E-state index in [1.165, 1.54) is 19.0 Å². The predicted molar refractivity (Wildman–Crippen MR) is 112 cm³/mol. The summed E-state index contributed by atoms with van der Waals surface area (Å²) in [4.78, 5) is 50.3. The fourth-order valence-electron chi connectivity index (χ4n) is 5.49. The molecule has 3 aliphatic rings. The third-order valence-corrected chi connectivity index (χ3v) is 6.95. The molecule has 0 saturated heterocycles. The van der Waals surface area contributed by atoms with Gasteiger partial charge in [0.2, 0.25) is 11.5 Å². The Kier molecular flexibility index (Phi) is 5.14. The van der Waals surface area contributed by atoms with Crippen molar-refractivity contribution >= 4 is 28.8 Å². The van der Waals surface area contributed by atoms with E-state index in [-0.39, 0.29) is 18.4 Å². The van der Waals surface area contributed by atoms with E-state index in [0.29, 0.717) is 6.07 Å². The number of aliphatic hydroxyl groups is 3. The van der Waals surface area contributed by atoms with Gasteiger partial charge in [-0.15, -0.1) is 0 Å². The number of halogens is 1. The molecule has 3 aliphatic carbocycles. The lowest BCUT2D eigenvalue weighted by atomic mass is 9.57. The summed E-state index contributed by atoms with van der Waals surface area (Å²) in [5, 5.41) is 54.7. The number of carbonyl (C=O) groups excluding carboxylic acids is 3. The van der Waals surface area contributed by atoms with Crippen LogP contribution in [-0.4, -0.2) is 73.3 Å². The first kappa shape index (κ1) is 23.5. The number of nitrogens with zero attached hydrogens (tertiary/aromatic N) is 2. The molecule has 4 rings (SSSR count). The van der Waals surface area contributed by atoms with Gasteiger partial charge < -0.3 is 20.4 Å². The minimum Gasteiger partial charge on any atom is -0.508 e. The van der Waals surface area contributed by atoms with Gasteiger partial charge in [0, 0.05) is 17.1 Å². The molecule has 34 heavy (non-hydrogen) atoms. The topological polar surface area (TPSA) is 179 Å². The Hall–Kier alpha value is -3.64. The lowest BCUT2D eigenvalue weighted by Crippen LogP contribution is -2.65. The van der Waals surface area contributed by atoms with E-state index >= 15 is 0 Å². The molecule has 1 fully saturated rings. The van der Waals surface area contributed by atoms with Crippen LogP contribution in [0.1, 0.15) is 24.5 Å². The number of nitro benzene ring substituents is 1. The van der Waals surface area contributed by atoms with Crippen LogP contribution in [0.15, 0.2) is 23.0 Å². The number of hydrogen-bond acceptors (Lipinski definition) is 10. The number of aromatic hydroxyl groups is 1. The van der Waals surface area contributed by atoms with Gasteiger partial charge in [-0.25, -0.2) is 4.39 Å². The lowest BCUT2D eigenvalue weighted by Gasteiger charge is -2.50. The number of rotatable bonds is 3. The van der Waals surface area contributed by atoms with Crippen LogP contribution in [0.3, 0.4) is 0 Å². The molecule has 180 valence electrons. The Morgan fingerprint density at radius 1 is 1.26 bits per heavy atom. The van der Waals surface area contributed by atoms with E-state index in [1.54, 1.807) is 0 Å². The largest absolute Gasteiger partial charge is 0.508 e. The molecule has 11 nitrogen and oxygen atoms in total. The van der Waals surface area contributed by atoms with Gasteiger partial charge in [-0.05, 0) is 39.8 Å². The van der Waals surface area contributed by atoms with Gasteiger partial charge in [-0.1, -0.05) is 0 Å². The number of nitro groups is 1. The summed E-state index contributed by atoms with van der Waals surface area (Å²) < 4.78 is 14.7. The van der Waals surface area contributed by atoms with E-state index in [0.717, 1.165) is 6.92 Å². The van der Waals surface area contributed by atoms with Crippen molar-refractivity contribution in [2.24, 2.45) is 11.8 Å². The van der Waals surface area contributed by atoms with E-state index in [4.69, 9.17) is 0 Å². The van der Waals surface area contributed by atoms with Crippen molar-refractivity contribution in [2.75, 3.05) is 14.1 Å². The smallest absolute Gasteiger partial charge is 0.314 e. The van der Waals surface area contributed by atoms with Crippen LogP contribution < -0.4 is 0 Å². The Morgan fingerprint density at radius 3 is 2.41 bits per heavy atom. The second-order valence-corrected chi connectivity index (χ2v) is 8.99. The maximum Gasteiger partial charge on any atom is 0.314 e. The Balaban J connectivity index is 2.01. The summed E-state index contributed by atoms with van der Waals surface area (Å²) in [6.07, 6.45) is -0.453. The highest BCUT2D eigenvalue weighted by Crippen LogP contribution is 2.53. The highest BCUT2D eigenvalue weighted by atomic mass is 19.1. The summed E-state index contributed by atoms with van der Waals surface area (Å²) in [6, 6.07) is -0.683. The first-order chi connectivity index (χ1) is 15.7. The molecule has 0 heterocycles. The molecule has 12 heteroatoms. The van der Waals surface area contributed by atoms with E-state index in [2.05, 4.69) is 0 Å². The van der Waals surface area contributed by atoms with Crippen LogP contribution in [-0.2, 0) is 20.8 Å². The maximum atomic E-state index is 14.7. The first-order valence-electron chi connectivity index (χ1n) is 10.3. The monoisotopic (exact) mass is 476 g/mol. The number of phenolic OH excluding ortho intramolecular Hbond substituents is 1. The number of aliphatic hydroxyl groups excluding tert-OH is 2. The quantitative estimate of drug-likeness (QED) is 0.281. The minimum atomic E-state index is -2.77. The predicted octanol–water partition coefficient (Wildman–Crippen LogP) is 1.11. The van der Waals surface area contributed by atoms with Crippen LogP contribution in [0.5, 0.6) is 5.75 Å². The minimum absolute atomic E-state index is 0.178. The molecular formula is C22H21FN2O9. The Bertz CT molecular complexity index is 1270. The molecule has 0 aliphatic heterocycles. The van der Waals surface area contributed by atoms with Crippen molar-refractivity contribution in [3.63, 3.8) is 0 Å². The van der Waals surface area contributed by atoms with Crippen molar-refractivity contribution in [3.05, 3.63) is 50.0 Å². The number of ketones is 3. The van der Waals surface area contributed by atoms with Gasteiger partial charge in [-0.3, -0.25) is 29.4 Å². The standard InChI is InChI=1S/C22H21FN2O9/c1-7(26)13-19(29)16(24(2)3)10-5-8-4-9-11(23)6-12(25(33)34)17(27)15(9)18(28)14(8)21(31)22(10,32)20(13)30/h6,8,10,16,27-28,30,32H,4-5H2,1-3H3/t8?,10?,16-,22+/m0/s1. The fourth-order valence-corrected chi connectivity index (χ4v) is 5.49. The van der Waals surface area contributed by atoms with Crippen LogP contribution in [0.2, 0.25) is 0 Å². The lowest BCUT2D eigenvalue weighted by molar-refractivity contribution is -0.386. The average molecular weight is 476 g/mol. The molecule has 1 aromatic rings. The van der Waals surface area contributed by atoms with E-state index in [9.17, 15) is 49.3 Å². The maximum absolute atomic E-state index is 14.7. The van der Waals surface area contributed by atoms with E-state index < -0.39 is 91.2 Å². The van der Waals surface area contributed by atoms with Gasteiger partial charge in [0.25, 0.3) is 0 Å². The van der Waals surface area contributed by atoms with Gasteiger partial charge in [0.05, 0.1) is 22.6 Å². The number of fused-ring (bicyclic) bond motifs is 3. The molecule has 0 bridgehead atoms. The van der Waals surface area contributed by atoms with Crippen LogP contribution in [0.25, 0.3) is 5.76 Å². The SMILES string of the molecule is CC(=O)C1=C(O)[C@@]2(O)C(=O)C3=C(O)c4c(O)c([N+](=O)[O-])cc(F)c4CC3CC2[C@H](N(C)C)C1=O. The number of hydrogen-bond donors (Lipinski definition) is 4. The van der Waals surface area contributed by atoms with Crippen molar-refractivity contribution in [1.29, 1.82) is 0 Å². The summed E-state index contributed by atoms with van der Waals surface area (Å²) in [5.74, 6) is -9.34. The van der Waals surface area contributed by atoms with Crippen LogP contribution in [0, 0.1) is 27.8 Å². The van der Waals surface area contributed by atoms with Crippen molar-refractivity contribution in [2.45, 2.75) is 31.4 Å². The average Bonchev–Trinajstić information content (AvgIpc) is 2.72. The highest BCUT2D eigenvalue weighted by Gasteiger charge is 2.64. The molecule has 0 aromatic heterocycles. The third-order valence-electron chi connectivity index (χ3n) is 6.95. The number of likely N-dealkylation sites (N-methyl/N-ethyl adjacent to an activating group) is 1. The van der Waals surface area contributed by atoms with Gasteiger partial charge in [0.1, 0.15) is 22.9 Å². The Morgan fingerprint density at radius 2 is 1.88 bits per heavy atom. The van der Waals surface area contributed by atoms with Crippen molar-refractivity contribution in [1.82, 2.24) is 4.90 Å². The summed E-state index contributed by atoms with van der Waals surface area (Å²) in [6.45, 7) is 0.990. The number of phenols is 1. The van der Waals surface area contributed by atoms with Crippen LogP contribution in [0.4, 0.5) is 10.1 Å². The number of benzene rings is 1. The molecule has 1 saturated carbocycles. The van der Waals surface area contributed by atoms with Gasteiger partial charge in [-0.2, -0.15) is 0 Å². The second kappa shape index (κ2) is 7.43. The second-order valence-electron chi connectivity index (χ2n) is 8.99.